The van der Waals surface area contributed by atoms with Crippen LogP contribution in [-0.2, 0) is 11.3 Å². The van der Waals surface area contributed by atoms with E-state index in [9.17, 15) is 4.79 Å². The molecule has 0 unspecified atom stereocenters. The molecule has 1 N–H and O–H groups in total. The quantitative estimate of drug-likeness (QED) is 0.762. The van der Waals surface area contributed by atoms with Crippen LogP contribution in [0.15, 0.2) is 48.7 Å². The zero-order valence-corrected chi connectivity index (χ0v) is 14.1. The second kappa shape index (κ2) is 6.84. The highest BCUT2D eigenvalue weighted by Crippen LogP contribution is 2.32. The molecule has 1 heterocycles. The Balaban J connectivity index is 1.87. The Morgan fingerprint density at radius 3 is 2.67 bits per heavy atom. The molecule has 1 aromatic heterocycles. The number of carbonyl (C=O) groups is 1. The molecule has 3 rings (SSSR count). The number of nitrogens with one attached hydrogen (secondary N) is 1. The number of hydrogen-bond donors (Lipinski definition) is 1. The zero-order chi connectivity index (χ0) is 17.1. The highest BCUT2D eigenvalue weighted by Gasteiger charge is 2.12. The third-order valence-electron chi connectivity index (χ3n) is 3.74. The van der Waals surface area contributed by atoms with E-state index in [-0.39, 0.29) is 12.5 Å². The number of rotatable bonds is 5. The second-order valence-corrected chi connectivity index (χ2v) is 5.64. The molecule has 0 spiro atoms. The van der Waals surface area contributed by atoms with Gasteiger partial charge in [-0.25, -0.2) is 0 Å². The Hall–Kier alpha value is -2.66. The van der Waals surface area contributed by atoms with E-state index < -0.39 is 0 Å². The van der Waals surface area contributed by atoms with Gasteiger partial charge in [-0.2, -0.15) is 0 Å². The number of benzene rings is 2. The highest BCUT2D eigenvalue weighted by atomic mass is 35.5. The van der Waals surface area contributed by atoms with Crippen molar-refractivity contribution in [1.82, 2.24) is 4.57 Å². The van der Waals surface area contributed by atoms with E-state index in [1.807, 2.05) is 41.1 Å². The number of fused-ring (bicyclic) bond motifs is 1. The van der Waals surface area contributed by atoms with Crippen LogP contribution in [0.5, 0.6) is 11.5 Å². The number of ether oxygens (including phenoxy) is 2. The summed E-state index contributed by atoms with van der Waals surface area (Å²) in [5.74, 6) is 1.21. The number of methoxy groups -OCH3 is 2. The predicted molar refractivity (Wildman–Crippen MR) is 95.1 cm³/mol. The summed E-state index contributed by atoms with van der Waals surface area (Å²) in [6.07, 6.45) is 1.85. The number of carbonyl (C=O) groups excluding carboxylic acids is 1. The lowest BCUT2D eigenvalue weighted by Gasteiger charge is -2.10. The molecule has 6 heteroatoms. The molecule has 0 saturated heterocycles. The minimum Gasteiger partial charge on any atom is -0.497 e. The Labute approximate surface area is 144 Å². The van der Waals surface area contributed by atoms with Crippen LogP contribution < -0.4 is 14.8 Å². The topological polar surface area (TPSA) is 52.5 Å². The summed E-state index contributed by atoms with van der Waals surface area (Å²) in [5.41, 5.74) is 1.45. The number of aromatic nitrogens is 1. The van der Waals surface area contributed by atoms with Crippen molar-refractivity contribution in [2.24, 2.45) is 0 Å². The average molecular weight is 345 g/mol. The number of anilines is 1. The van der Waals surface area contributed by atoms with Gasteiger partial charge in [-0.05, 0) is 18.2 Å². The van der Waals surface area contributed by atoms with Crippen molar-refractivity contribution in [3.05, 3.63) is 53.7 Å². The van der Waals surface area contributed by atoms with Gasteiger partial charge in [0, 0.05) is 23.7 Å². The van der Waals surface area contributed by atoms with Crippen LogP contribution in [0.25, 0.3) is 10.9 Å². The van der Waals surface area contributed by atoms with Gasteiger partial charge in [0.2, 0.25) is 5.91 Å². The molecule has 124 valence electrons. The van der Waals surface area contributed by atoms with Crippen molar-refractivity contribution in [1.29, 1.82) is 0 Å². The molecule has 1 amide bonds. The first-order valence-corrected chi connectivity index (χ1v) is 7.75. The maximum atomic E-state index is 12.3. The standard InChI is InChI=1S/C18H17ClN2O3/c1-23-12-9-16-13(17(10-12)24-2)7-8-21(16)11-18(22)20-15-6-4-3-5-14(15)19/h3-10H,11H2,1-2H3,(H,20,22). The molecule has 0 aliphatic heterocycles. The number of para-hydroxylation sites is 1. The van der Waals surface area contributed by atoms with E-state index in [0.717, 1.165) is 10.9 Å². The maximum absolute atomic E-state index is 12.3. The summed E-state index contributed by atoms with van der Waals surface area (Å²) in [5, 5.41) is 4.24. The first-order chi connectivity index (χ1) is 11.6. The monoisotopic (exact) mass is 344 g/mol. The van der Waals surface area contributed by atoms with E-state index in [1.165, 1.54) is 0 Å². The van der Waals surface area contributed by atoms with Crippen molar-refractivity contribution in [2.45, 2.75) is 6.54 Å². The van der Waals surface area contributed by atoms with Crippen LogP contribution in [0.4, 0.5) is 5.69 Å². The molecule has 0 aliphatic rings. The largest absolute Gasteiger partial charge is 0.497 e. The molecule has 0 atom stereocenters. The number of amides is 1. The van der Waals surface area contributed by atoms with Gasteiger partial charge < -0.3 is 19.4 Å². The smallest absolute Gasteiger partial charge is 0.244 e. The number of nitrogens with zero attached hydrogens (tertiary/aromatic N) is 1. The minimum atomic E-state index is -0.164. The van der Waals surface area contributed by atoms with Gasteiger partial charge in [-0.1, -0.05) is 23.7 Å². The van der Waals surface area contributed by atoms with Crippen molar-refractivity contribution in [2.75, 3.05) is 19.5 Å². The number of hydrogen-bond acceptors (Lipinski definition) is 3. The summed E-state index contributed by atoms with van der Waals surface area (Å²) >= 11 is 6.07. The predicted octanol–water partition coefficient (Wildman–Crippen LogP) is 3.95. The summed E-state index contributed by atoms with van der Waals surface area (Å²) in [4.78, 5) is 12.3. The van der Waals surface area contributed by atoms with E-state index in [4.69, 9.17) is 21.1 Å². The molecule has 5 nitrogen and oxygen atoms in total. The third kappa shape index (κ3) is 3.16. The van der Waals surface area contributed by atoms with Crippen molar-refractivity contribution < 1.29 is 14.3 Å². The van der Waals surface area contributed by atoms with E-state index in [0.29, 0.717) is 22.2 Å². The van der Waals surface area contributed by atoms with Crippen LogP contribution >= 0.6 is 11.6 Å². The Morgan fingerprint density at radius 1 is 1.17 bits per heavy atom. The lowest BCUT2D eigenvalue weighted by atomic mass is 10.2. The molecular weight excluding hydrogens is 328 g/mol. The normalized spacial score (nSPS) is 10.6. The first kappa shape index (κ1) is 16.2. The van der Waals surface area contributed by atoms with Crippen molar-refractivity contribution >= 4 is 34.1 Å². The molecule has 0 aliphatic carbocycles. The fraction of sp³-hybridized carbons (Fsp3) is 0.167. The van der Waals surface area contributed by atoms with Crippen LogP contribution in [0, 0.1) is 0 Å². The van der Waals surface area contributed by atoms with Gasteiger partial charge in [-0.15, -0.1) is 0 Å². The molecule has 0 bridgehead atoms. The summed E-state index contributed by atoms with van der Waals surface area (Å²) in [6, 6.07) is 12.7. The average Bonchev–Trinajstić information content (AvgIpc) is 2.98. The maximum Gasteiger partial charge on any atom is 0.244 e. The van der Waals surface area contributed by atoms with E-state index >= 15 is 0 Å². The van der Waals surface area contributed by atoms with Crippen LogP contribution in [-0.4, -0.2) is 24.7 Å². The molecule has 3 aromatic rings. The van der Waals surface area contributed by atoms with E-state index in [2.05, 4.69) is 5.32 Å². The van der Waals surface area contributed by atoms with Gasteiger partial charge in [0.1, 0.15) is 18.0 Å². The Bertz CT molecular complexity index is 889. The lowest BCUT2D eigenvalue weighted by Crippen LogP contribution is -2.18. The zero-order valence-electron chi connectivity index (χ0n) is 13.4. The van der Waals surface area contributed by atoms with Gasteiger partial charge in [0.25, 0.3) is 0 Å². The molecule has 2 aromatic carbocycles. The fourth-order valence-electron chi connectivity index (χ4n) is 2.57. The van der Waals surface area contributed by atoms with Crippen LogP contribution in [0.3, 0.4) is 0 Å². The number of halogens is 1. The molecule has 0 radical (unpaired) electrons. The van der Waals surface area contributed by atoms with Gasteiger partial charge in [0.05, 0.1) is 30.4 Å². The van der Waals surface area contributed by atoms with Crippen molar-refractivity contribution in [3.63, 3.8) is 0 Å². The van der Waals surface area contributed by atoms with Crippen molar-refractivity contribution in [3.8, 4) is 11.5 Å². The fourth-order valence-corrected chi connectivity index (χ4v) is 2.75. The van der Waals surface area contributed by atoms with Crippen LogP contribution in [0.2, 0.25) is 5.02 Å². The summed E-state index contributed by atoms with van der Waals surface area (Å²) in [6.45, 7) is 0.158. The highest BCUT2D eigenvalue weighted by molar-refractivity contribution is 6.33. The third-order valence-corrected chi connectivity index (χ3v) is 4.07. The second-order valence-electron chi connectivity index (χ2n) is 5.23. The Morgan fingerprint density at radius 2 is 1.96 bits per heavy atom. The molecule has 0 saturated carbocycles. The van der Waals surface area contributed by atoms with Gasteiger partial charge in [-0.3, -0.25) is 4.79 Å². The summed E-state index contributed by atoms with van der Waals surface area (Å²) in [7, 11) is 3.20. The molecular formula is C18H17ClN2O3. The summed E-state index contributed by atoms with van der Waals surface area (Å²) < 4.78 is 12.5. The molecule has 24 heavy (non-hydrogen) atoms. The lowest BCUT2D eigenvalue weighted by molar-refractivity contribution is -0.116. The Kier molecular flexibility index (Phi) is 4.62. The van der Waals surface area contributed by atoms with Gasteiger partial charge in [0.15, 0.2) is 0 Å². The van der Waals surface area contributed by atoms with E-state index in [1.54, 1.807) is 26.4 Å². The minimum absolute atomic E-state index is 0.158. The molecule has 0 fully saturated rings. The SMILES string of the molecule is COc1cc(OC)c2ccn(CC(=O)Nc3ccccc3Cl)c2c1. The first-order valence-electron chi connectivity index (χ1n) is 7.37. The van der Waals surface area contributed by atoms with Gasteiger partial charge >= 0.3 is 0 Å². The van der Waals surface area contributed by atoms with Crippen LogP contribution in [0.1, 0.15) is 0 Å².